The zero-order chi connectivity index (χ0) is 20.0. The van der Waals surface area contributed by atoms with Crippen molar-refractivity contribution in [2.24, 2.45) is 5.10 Å². The molecule has 11 heteroatoms. The molecule has 1 amide bonds. The largest absolute Gasteiger partial charge is 0.278 e. The van der Waals surface area contributed by atoms with Crippen LogP contribution in [-0.2, 0) is 14.8 Å². The molecule has 0 spiro atoms. The number of rotatable bonds is 7. The van der Waals surface area contributed by atoms with Crippen molar-refractivity contribution in [3.8, 4) is 0 Å². The molecule has 0 atom stereocenters. The Labute approximate surface area is 164 Å². The van der Waals surface area contributed by atoms with E-state index in [-0.39, 0.29) is 11.3 Å². The molecule has 27 heavy (non-hydrogen) atoms. The summed E-state index contributed by atoms with van der Waals surface area (Å²) in [6, 6.07) is 12.3. The first-order valence-corrected chi connectivity index (χ1v) is 10.1. The van der Waals surface area contributed by atoms with Crippen molar-refractivity contribution >= 4 is 49.4 Å². The van der Waals surface area contributed by atoms with E-state index in [4.69, 9.17) is 0 Å². The van der Waals surface area contributed by atoms with E-state index in [2.05, 4.69) is 26.5 Å². The van der Waals surface area contributed by atoms with Crippen LogP contribution in [0.25, 0.3) is 0 Å². The Balaban J connectivity index is 2.11. The highest BCUT2D eigenvalue weighted by molar-refractivity contribution is 9.10. The molecule has 2 aromatic rings. The average molecular weight is 455 g/mol. The van der Waals surface area contributed by atoms with Gasteiger partial charge in [0.25, 0.3) is 11.6 Å². The van der Waals surface area contributed by atoms with Crippen molar-refractivity contribution in [2.45, 2.75) is 0 Å². The van der Waals surface area contributed by atoms with E-state index >= 15 is 0 Å². The highest BCUT2D eigenvalue weighted by Crippen LogP contribution is 2.20. The number of amides is 1. The molecule has 0 aliphatic rings. The predicted molar refractivity (Wildman–Crippen MR) is 105 cm³/mol. The molecule has 0 saturated carbocycles. The number of sulfonamides is 1. The van der Waals surface area contributed by atoms with Crippen LogP contribution in [0, 0.1) is 10.1 Å². The molecule has 0 bridgehead atoms. The Morgan fingerprint density at radius 2 is 1.89 bits per heavy atom. The number of hydrogen-bond acceptors (Lipinski definition) is 6. The molecule has 2 rings (SSSR count). The third kappa shape index (κ3) is 5.86. The van der Waals surface area contributed by atoms with Gasteiger partial charge < -0.3 is 0 Å². The van der Waals surface area contributed by atoms with Gasteiger partial charge in [0.1, 0.15) is 6.54 Å². The lowest BCUT2D eigenvalue weighted by Crippen LogP contribution is -2.39. The van der Waals surface area contributed by atoms with Crippen LogP contribution < -0.4 is 9.73 Å². The van der Waals surface area contributed by atoms with E-state index in [9.17, 15) is 23.3 Å². The van der Waals surface area contributed by atoms with Gasteiger partial charge >= 0.3 is 0 Å². The summed E-state index contributed by atoms with van der Waals surface area (Å²) >= 11 is 3.25. The number of nitro groups is 1. The van der Waals surface area contributed by atoms with Crippen LogP contribution in [0.15, 0.2) is 58.1 Å². The van der Waals surface area contributed by atoms with Crippen molar-refractivity contribution in [3.05, 3.63) is 68.7 Å². The molecule has 0 aromatic heterocycles. The lowest BCUT2D eigenvalue weighted by Gasteiger charge is -2.21. The smallest absolute Gasteiger partial charge is 0.271 e. The van der Waals surface area contributed by atoms with Crippen molar-refractivity contribution in [1.29, 1.82) is 0 Å². The fourth-order valence-electron chi connectivity index (χ4n) is 2.11. The maximum atomic E-state index is 12.1. The van der Waals surface area contributed by atoms with Gasteiger partial charge in [0.2, 0.25) is 10.0 Å². The lowest BCUT2D eigenvalue weighted by molar-refractivity contribution is -0.385. The quantitative estimate of drug-likeness (QED) is 0.390. The van der Waals surface area contributed by atoms with Gasteiger partial charge in [-0.05, 0) is 30.3 Å². The molecule has 0 radical (unpaired) electrons. The normalized spacial score (nSPS) is 11.3. The Kier molecular flexibility index (Phi) is 6.64. The van der Waals surface area contributed by atoms with Crippen LogP contribution in [0.2, 0.25) is 0 Å². The standard InChI is InChI=1S/C16H15BrN4O5S/c1-27(25,26)20(14-8-6-13(17)7-9-14)11-16(22)19-18-10-12-4-2-3-5-15(12)21(23)24/h2-10H,11H2,1H3,(H,19,22)/b18-10-. The van der Waals surface area contributed by atoms with Gasteiger partial charge in [0, 0.05) is 10.5 Å². The van der Waals surface area contributed by atoms with E-state index in [1.165, 1.54) is 18.2 Å². The average Bonchev–Trinajstić information content (AvgIpc) is 2.60. The van der Waals surface area contributed by atoms with Crippen LogP contribution in [0.5, 0.6) is 0 Å². The summed E-state index contributed by atoms with van der Waals surface area (Å²) in [6.45, 7) is -0.491. The van der Waals surface area contributed by atoms with Crippen molar-refractivity contribution in [3.63, 3.8) is 0 Å². The monoisotopic (exact) mass is 454 g/mol. The zero-order valence-corrected chi connectivity index (χ0v) is 16.5. The summed E-state index contributed by atoms with van der Waals surface area (Å²) in [7, 11) is -3.71. The summed E-state index contributed by atoms with van der Waals surface area (Å²) in [5.74, 6) is -0.696. The van der Waals surface area contributed by atoms with Gasteiger partial charge in [-0.2, -0.15) is 5.10 Å². The van der Waals surface area contributed by atoms with Gasteiger partial charge in [-0.25, -0.2) is 13.8 Å². The molecule has 1 N–H and O–H groups in total. The van der Waals surface area contributed by atoms with Gasteiger partial charge in [-0.1, -0.05) is 28.1 Å². The summed E-state index contributed by atoms with van der Waals surface area (Å²) in [4.78, 5) is 22.4. The Morgan fingerprint density at radius 3 is 2.48 bits per heavy atom. The van der Waals surface area contributed by atoms with Gasteiger partial charge in [-0.15, -0.1) is 0 Å². The molecular formula is C16H15BrN4O5S. The Bertz CT molecular complexity index is 977. The number of hydrazone groups is 1. The SMILES string of the molecule is CS(=O)(=O)N(CC(=O)N/N=C\c1ccccc1[N+](=O)[O-])c1ccc(Br)cc1. The van der Waals surface area contributed by atoms with Crippen LogP contribution in [0.1, 0.15) is 5.56 Å². The third-order valence-corrected chi connectivity index (χ3v) is 5.00. The zero-order valence-electron chi connectivity index (χ0n) is 14.1. The first kappa shape index (κ1) is 20.5. The minimum Gasteiger partial charge on any atom is -0.271 e. The fourth-order valence-corrected chi connectivity index (χ4v) is 3.23. The molecule has 142 valence electrons. The number of carbonyl (C=O) groups is 1. The molecule has 0 fully saturated rings. The summed E-state index contributed by atoms with van der Waals surface area (Å²) in [6.07, 6.45) is 2.11. The second-order valence-corrected chi connectivity index (χ2v) is 8.18. The van der Waals surface area contributed by atoms with Gasteiger partial charge in [0.05, 0.1) is 28.6 Å². The molecule has 2 aromatic carbocycles. The molecule has 0 saturated heterocycles. The third-order valence-electron chi connectivity index (χ3n) is 3.33. The van der Waals surface area contributed by atoms with Crippen LogP contribution in [-0.4, -0.2) is 38.3 Å². The number of nitrogens with zero attached hydrogens (tertiary/aromatic N) is 3. The van der Waals surface area contributed by atoms with Crippen molar-refractivity contribution in [2.75, 3.05) is 17.1 Å². The number of anilines is 1. The number of nitrogens with one attached hydrogen (secondary N) is 1. The first-order valence-electron chi connectivity index (χ1n) is 7.47. The van der Waals surface area contributed by atoms with Crippen molar-refractivity contribution in [1.82, 2.24) is 5.43 Å². The van der Waals surface area contributed by atoms with E-state index in [0.29, 0.717) is 5.69 Å². The number of carbonyl (C=O) groups excluding carboxylic acids is 1. The summed E-state index contributed by atoms with van der Waals surface area (Å²) in [5.41, 5.74) is 2.53. The first-order chi connectivity index (χ1) is 12.7. The summed E-state index contributed by atoms with van der Waals surface area (Å²) in [5, 5.41) is 14.6. The molecule has 0 aliphatic carbocycles. The van der Waals surface area contributed by atoms with E-state index < -0.39 is 27.4 Å². The van der Waals surface area contributed by atoms with Crippen LogP contribution >= 0.6 is 15.9 Å². The van der Waals surface area contributed by atoms with E-state index in [0.717, 1.165) is 21.2 Å². The Morgan fingerprint density at radius 1 is 1.26 bits per heavy atom. The van der Waals surface area contributed by atoms with E-state index in [1.54, 1.807) is 30.3 Å². The minimum atomic E-state index is -3.71. The molecular weight excluding hydrogens is 440 g/mol. The molecule has 0 aliphatic heterocycles. The second-order valence-electron chi connectivity index (χ2n) is 5.36. The maximum Gasteiger partial charge on any atom is 0.278 e. The number of nitro benzene ring substituents is 1. The van der Waals surface area contributed by atoms with Crippen molar-refractivity contribution < 1.29 is 18.1 Å². The fraction of sp³-hybridized carbons (Fsp3) is 0.125. The van der Waals surface area contributed by atoms with E-state index in [1.807, 2.05) is 0 Å². The molecule has 0 unspecified atom stereocenters. The topological polar surface area (TPSA) is 122 Å². The maximum absolute atomic E-state index is 12.1. The highest BCUT2D eigenvalue weighted by Gasteiger charge is 2.20. The number of hydrogen-bond donors (Lipinski definition) is 1. The van der Waals surface area contributed by atoms with Crippen LogP contribution in [0.3, 0.4) is 0 Å². The highest BCUT2D eigenvalue weighted by atomic mass is 79.9. The predicted octanol–water partition coefficient (Wildman–Crippen LogP) is 2.27. The Hall–Kier alpha value is -2.79. The lowest BCUT2D eigenvalue weighted by atomic mass is 10.2. The number of halogens is 1. The summed E-state index contributed by atoms with van der Waals surface area (Å²) < 4.78 is 25.7. The number of benzene rings is 2. The second kappa shape index (κ2) is 8.73. The van der Waals surface area contributed by atoms with Crippen LogP contribution in [0.4, 0.5) is 11.4 Å². The number of para-hydroxylation sites is 1. The van der Waals surface area contributed by atoms with Gasteiger partial charge in [0.15, 0.2) is 0 Å². The molecule has 0 heterocycles. The minimum absolute atomic E-state index is 0.164. The van der Waals surface area contributed by atoms with Gasteiger partial charge in [-0.3, -0.25) is 19.2 Å². The molecule has 9 nitrogen and oxygen atoms in total.